The largest absolute Gasteiger partial charge is 0.326 e. The summed E-state index contributed by atoms with van der Waals surface area (Å²) in [5.41, 5.74) is 7.83. The summed E-state index contributed by atoms with van der Waals surface area (Å²) in [5.74, 6) is 0. The molecule has 1 saturated heterocycles. The van der Waals surface area contributed by atoms with E-state index in [4.69, 9.17) is 5.73 Å². The molecular formula is C15H20N2S. The number of hydrogen-bond acceptors (Lipinski definition) is 3. The second-order valence-corrected chi connectivity index (χ2v) is 5.98. The summed E-state index contributed by atoms with van der Waals surface area (Å²) < 4.78 is 1.38. The van der Waals surface area contributed by atoms with E-state index in [2.05, 4.69) is 41.5 Å². The number of likely N-dealkylation sites (N-methyl/N-ethyl adjacent to an activating group) is 1. The van der Waals surface area contributed by atoms with Crippen molar-refractivity contribution in [3.63, 3.8) is 0 Å². The molecule has 2 atom stereocenters. The van der Waals surface area contributed by atoms with Gasteiger partial charge in [-0.2, -0.15) is 0 Å². The second-order valence-electron chi connectivity index (χ2n) is 5.07. The van der Waals surface area contributed by atoms with Crippen LogP contribution in [0.25, 0.3) is 10.1 Å². The first kappa shape index (κ1) is 12.2. The topological polar surface area (TPSA) is 29.3 Å². The molecule has 18 heavy (non-hydrogen) atoms. The van der Waals surface area contributed by atoms with Crippen LogP contribution in [0.3, 0.4) is 0 Å². The number of likely N-dealkylation sites (tertiary alicyclic amines) is 1. The zero-order valence-electron chi connectivity index (χ0n) is 10.8. The number of piperidine rings is 1. The van der Waals surface area contributed by atoms with E-state index in [9.17, 15) is 0 Å². The lowest BCUT2D eigenvalue weighted by molar-refractivity contribution is 0.137. The van der Waals surface area contributed by atoms with Crippen molar-refractivity contribution < 1.29 is 0 Å². The standard InChI is InChI=1S/C15H20N2S/c1-2-17-9-5-7-13(16)15(17)12-10-18-14-8-4-3-6-11(12)14/h3-4,6,8,10,13,15H,2,5,7,9,16H2,1H3. The first-order chi connectivity index (χ1) is 8.81. The van der Waals surface area contributed by atoms with Gasteiger partial charge in [0.05, 0.1) is 6.04 Å². The minimum absolute atomic E-state index is 0.275. The Balaban J connectivity index is 2.06. The summed E-state index contributed by atoms with van der Waals surface area (Å²) in [4.78, 5) is 2.53. The van der Waals surface area contributed by atoms with E-state index in [1.165, 1.54) is 28.6 Å². The molecule has 2 unspecified atom stereocenters. The highest BCUT2D eigenvalue weighted by molar-refractivity contribution is 7.17. The van der Waals surface area contributed by atoms with E-state index in [1.54, 1.807) is 0 Å². The first-order valence-corrected chi connectivity index (χ1v) is 7.65. The molecule has 1 aromatic carbocycles. The van der Waals surface area contributed by atoms with Crippen LogP contribution in [0.4, 0.5) is 0 Å². The summed E-state index contributed by atoms with van der Waals surface area (Å²) in [5, 5.41) is 3.70. The fourth-order valence-corrected chi connectivity index (χ4v) is 4.10. The van der Waals surface area contributed by atoms with E-state index in [1.807, 2.05) is 11.3 Å². The van der Waals surface area contributed by atoms with Gasteiger partial charge >= 0.3 is 0 Å². The summed E-state index contributed by atoms with van der Waals surface area (Å²) in [6.07, 6.45) is 2.37. The van der Waals surface area contributed by atoms with Crippen molar-refractivity contribution in [3.8, 4) is 0 Å². The Bertz CT molecular complexity index is 534. The molecule has 0 amide bonds. The molecule has 3 heteroatoms. The number of nitrogens with zero attached hydrogens (tertiary/aromatic N) is 1. The Morgan fingerprint density at radius 3 is 3.06 bits per heavy atom. The summed E-state index contributed by atoms with van der Waals surface area (Å²) in [6, 6.07) is 9.35. The molecule has 1 fully saturated rings. The molecule has 2 N–H and O–H groups in total. The lowest BCUT2D eigenvalue weighted by Gasteiger charge is -2.39. The fourth-order valence-electron chi connectivity index (χ4n) is 3.11. The number of hydrogen-bond donors (Lipinski definition) is 1. The van der Waals surface area contributed by atoms with Gasteiger partial charge in [0, 0.05) is 10.7 Å². The van der Waals surface area contributed by atoms with Gasteiger partial charge in [0.25, 0.3) is 0 Å². The molecule has 2 nitrogen and oxygen atoms in total. The molecule has 2 heterocycles. The smallest absolute Gasteiger partial charge is 0.0513 e. The van der Waals surface area contributed by atoms with Gasteiger partial charge in [-0.15, -0.1) is 11.3 Å². The molecule has 1 aliphatic heterocycles. The average molecular weight is 260 g/mol. The SMILES string of the molecule is CCN1CCCC(N)C1c1csc2ccccc12. The predicted molar refractivity (Wildman–Crippen MR) is 79.0 cm³/mol. The Hall–Kier alpha value is -0.900. The van der Waals surface area contributed by atoms with E-state index in [-0.39, 0.29) is 6.04 Å². The van der Waals surface area contributed by atoms with Crippen LogP contribution in [-0.2, 0) is 0 Å². The van der Waals surface area contributed by atoms with Gasteiger partial charge in [0.2, 0.25) is 0 Å². The maximum Gasteiger partial charge on any atom is 0.0513 e. The van der Waals surface area contributed by atoms with Crippen molar-refractivity contribution in [1.29, 1.82) is 0 Å². The third kappa shape index (κ3) is 1.96. The van der Waals surface area contributed by atoms with Crippen molar-refractivity contribution in [1.82, 2.24) is 4.90 Å². The fraction of sp³-hybridized carbons (Fsp3) is 0.467. The molecule has 0 bridgehead atoms. The third-order valence-corrected chi connectivity index (χ3v) is 5.00. The summed E-state index contributed by atoms with van der Waals surface area (Å²) >= 11 is 1.84. The van der Waals surface area contributed by atoms with E-state index in [0.29, 0.717) is 6.04 Å². The van der Waals surface area contributed by atoms with Gasteiger partial charge in [-0.1, -0.05) is 25.1 Å². The Labute approximate surface area is 112 Å². The maximum absolute atomic E-state index is 6.39. The highest BCUT2D eigenvalue weighted by atomic mass is 32.1. The Morgan fingerprint density at radius 2 is 2.22 bits per heavy atom. The highest BCUT2D eigenvalue weighted by Gasteiger charge is 2.30. The molecule has 1 aromatic heterocycles. The van der Waals surface area contributed by atoms with Crippen LogP contribution in [0.5, 0.6) is 0 Å². The van der Waals surface area contributed by atoms with Crippen LogP contribution in [0.2, 0.25) is 0 Å². The predicted octanol–water partition coefficient (Wildman–Crippen LogP) is 3.39. The van der Waals surface area contributed by atoms with Gasteiger partial charge in [0.1, 0.15) is 0 Å². The van der Waals surface area contributed by atoms with Crippen LogP contribution in [0.1, 0.15) is 31.4 Å². The van der Waals surface area contributed by atoms with E-state index in [0.717, 1.165) is 13.0 Å². The monoisotopic (exact) mass is 260 g/mol. The minimum Gasteiger partial charge on any atom is -0.326 e. The maximum atomic E-state index is 6.39. The lowest BCUT2D eigenvalue weighted by Crippen LogP contribution is -2.45. The van der Waals surface area contributed by atoms with Crippen LogP contribution in [-0.4, -0.2) is 24.0 Å². The molecular weight excluding hydrogens is 240 g/mol. The first-order valence-electron chi connectivity index (χ1n) is 6.77. The summed E-state index contributed by atoms with van der Waals surface area (Å²) in [7, 11) is 0. The summed E-state index contributed by atoms with van der Waals surface area (Å²) in [6.45, 7) is 4.50. The molecule has 0 aliphatic carbocycles. The Kier molecular flexibility index (Phi) is 3.37. The number of nitrogens with two attached hydrogens (primary N) is 1. The molecule has 2 aromatic rings. The minimum atomic E-state index is 0.275. The van der Waals surface area contributed by atoms with Gasteiger partial charge in [0.15, 0.2) is 0 Å². The number of fused-ring (bicyclic) bond motifs is 1. The normalized spacial score (nSPS) is 25.7. The molecule has 96 valence electrons. The second kappa shape index (κ2) is 5.00. The van der Waals surface area contributed by atoms with Crippen LogP contribution >= 0.6 is 11.3 Å². The van der Waals surface area contributed by atoms with Crippen molar-refractivity contribution in [2.24, 2.45) is 5.73 Å². The van der Waals surface area contributed by atoms with E-state index >= 15 is 0 Å². The van der Waals surface area contributed by atoms with Gasteiger partial charge in [-0.3, -0.25) is 4.90 Å². The van der Waals surface area contributed by atoms with Gasteiger partial charge < -0.3 is 5.73 Å². The molecule has 0 radical (unpaired) electrons. The molecule has 0 spiro atoms. The molecule has 3 rings (SSSR count). The van der Waals surface area contributed by atoms with Crippen LogP contribution in [0.15, 0.2) is 29.6 Å². The zero-order chi connectivity index (χ0) is 12.5. The molecule has 0 saturated carbocycles. The quantitative estimate of drug-likeness (QED) is 0.897. The number of benzene rings is 1. The van der Waals surface area contributed by atoms with Gasteiger partial charge in [-0.05, 0) is 48.3 Å². The van der Waals surface area contributed by atoms with Crippen molar-refractivity contribution in [2.45, 2.75) is 31.8 Å². The van der Waals surface area contributed by atoms with Crippen LogP contribution < -0.4 is 5.73 Å². The zero-order valence-corrected chi connectivity index (χ0v) is 11.6. The molecule has 1 aliphatic rings. The average Bonchev–Trinajstić information content (AvgIpc) is 2.82. The highest BCUT2D eigenvalue weighted by Crippen LogP contribution is 2.37. The lowest BCUT2D eigenvalue weighted by atomic mass is 9.91. The van der Waals surface area contributed by atoms with E-state index < -0.39 is 0 Å². The van der Waals surface area contributed by atoms with Crippen molar-refractivity contribution >= 4 is 21.4 Å². The Morgan fingerprint density at radius 1 is 1.39 bits per heavy atom. The van der Waals surface area contributed by atoms with Crippen molar-refractivity contribution in [3.05, 3.63) is 35.2 Å². The van der Waals surface area contributed by atoms with Gasteiger partial charge in [-0.25, -0.2) is 0 Å². The third-order valence-electron chi connectivity index (χ3n) is 4.02. The van der Waals surface area contributed by atoms with Crippen LogP contribution in [0, 0.1) is 0 Å². The van der Waals surface area contributed by atoms with Crippen molar-refractivity contribution in [2.75, 3.05) is 13.1 Å². The number of rotatable bonds is 2. The number of thiophene rings is 1.